The molecule has 5 aliphatic rings. The van der Waals surface area contributed by atoms with Crippen LogP contribution in [-0.2, 0) is 23.8 Å². The average Bonchev–Trinajstić information content (AvgIpc) is 2.35. The van der Waals surface area contributed by atoms with Gasteiger partial charge in [0.1, 0.15) is 5.78 Å². The number of Topliss-reactive ketones (excluding diaryl/α,β-unsaturated/α-hetero) is 2. The van der Waals surface area contributed by atoms with Crippen LogP contribution >= 0.6 is 23.2 Å². The van der Waals surface area contributed by atoms with Gasteiger partial charge in [0.05, 0.1) is 45.1 Å². The lowest BCUT2D eigenvalue weighted by molar-refractivity contribution is -0.176. The summed E-state index contributed by atoms with van der Waals surface area (Å²) in [5.74, 6) is 0.340. The summed E-state index contributed by atoms with van der Waals surface area (Å²) in [6, 6.07) is 0. The molecule has 0 aromatic heterocycles. The molecule has 0 radical (unpaired) electrons. The van der Waals surface area contributed by atoms with Crippen LogP contribution in [0.15, 0.2) is 12.2 Å². The maximum atomic E-state index is 10.8. The predicted molar refractivity (Wildman–Crippen MR) is 84.8 cm³/mol. The molecular formula is C16H20Cl2O5. The molecule has 128 valence electrons. The van der Waals surface area contributed by atoms with E-state index >= 15 is 0 Å². The number of halogens is 2. The predicted octanol–water partition coefficient (Wildman–Crippen LogP) is 2.09. The largest absolute Gasteiger partial charge is 0.380 e. The highest BCUT2D eigenvalue weighted by molar-refractivity contribution is 6.61. The molecule has 0 unspecified atom stereocenters. The zero-order valence-corrected chi connectivity index (χ0v) is 14.4. The van der Waals surface area contributed by atoms with Crippen molar-refractivity contribution in [3.8, 4) is 0 Å². The van der Waals surface area contributed by atoms with Crippen molar-refractivity contribution < 1.29 is 23.8 Å². The summed E-state index contributed by atoms with van der Waals surface area (Å²) in [6.45, 7) is 7.95. The van der Waals surface area contributed by atoms with Crippen molar-refractivity contribution in [2.75, 3.05) is 39.6 Å². The van der Waals surface area contributed by atoms with E-state index in [4.69, 9.17) is 37.4 Å². The highest BCUT2D eigenvalue weighted by atomic mass is 35.5. The SMILES string of the molecule is C=C1COC1.O=C1CC2(COC2)C1.O=C1CC2(COC2)C1(Cl)Cl. The molecule has 2 saturated carbocycles. The molecule has 2 spiro atoms. The van der Waals surface area contributed by atoms with Gasteiger partial charge in [0.15, 0.2) is 10.1 Å². The summed E-state index contributed by atoms with van der Waals surface area (Å²) in [7, 11) is 0. The number of ketones is 2. The normalized spacial score (nSPS) is 30.3. The first-order chi connectivity index (χ1) is 10.8. The van der Waals surface area contributed by atoms with Crippen LogP contribution in [0.3, 0.4) is 0 Å². The standard InChI is InChI=1S/C6H6Cl2O2.C6H8O2.C4H6O/c7-6(8)4(9)1-5(6)2-10-3-5;7-5-1-6(2-5)3-8-4-6;1-4-2-5-3-4/h1-3H2;1-4H2;1-3H2. The Hall–Kier alpha value is -0.460. The minimum absolute atomic E-state index is 0.0702. The summed E-state index contributed by atoms with van der Waals surface area (Å²) in [5, 5.41) is 0. The van der Waals surface area contributed by atoms with Crippen LogP contribution in [0, 0.1) is 10.8 Å². The van der Waals surface area contributed by atoms with Gasteiger partial charge >= 0.3 is 0 Å². The number of carbonyl (C=O) groups excluding carboxylic acids is 2. The molecule has 0 N–H and O–H groups in total. The molecule has 0 aromatic rings. The van der Waals surface area contributed by atoms with E-state index in [1.165, 1.54) is 5.57 Å². The van der Waals surface area contributed by atoms with Gasteiger partial charge < -0.3 is 14.2 Å². The van der Waals surface area contributed by atoms with Gasteiger partial charge in [0, 0.05) is 24.7 Å². The van der Waals surface area contributed by atoms with Crippen LogP contribution in [0.2, 0.25) is 0 Å². The second-order valence-electron chi connectivity index (χ2n) is 7.08. The van der Waals surface area contributed by atoms with Crippen LogP contribution in [-0.4, -0.2) is 55.5 Å². The van der Waals surface area contributed by atoms with Gasteiger partial charge in [-0.1, -0.05) is 29.8 Å². The molecule has 0 amide bonds. The Morgan fingerprint density at radius 3 is 1.48 bits per heavy atom. The van der Waals surface area contributed by atoms with E-state index < -0.39 is 4.33 Å². The lowest BCUT2D eigenvalue weighted by Gasteiger charge is -2.55. The number of hydrogen-bond acceptors (Lipinski definition) is 5. The van der Waals surface area contributed by atoms with Crippen LogP contribution in [0.1, 0.15) is 19.3 Å². The lowest BCUT2D eigenvalue weighted by Crippen LogP contribution is -2.67. The van der Waals surface area contributed by atoms with Gasteiger partial charge in [-0.2, -0.15) is 0 Å². The van der Waals surface area contributed by atoms with E-state index in [1.807, 2.05) is 0 Å². The molecule has 0 bridgehead atoms. The smallest absolute Gasteiger partial charge is 0.186 e. The molecule has 0 atom stereocenters. The molecule has 3 saturated heterocycles. The van der Waals surface area contributed by atoms with Crippen LogP contribution < -0.4 is 0 Å². The van der Waals surface area contributed by atoms with Crippen molar-refractivity contribution in [2.45, 2.75) is 23.6 Å². The van der Waals surface area contributed by atoms with Crippen molar-refractivity contribution in [2.24, 2.45) is 10.8 Å². The number of hydrogen-bond donors (Lipinski definition) is 0. The van der Waals surface area contributed by atoms with E-state index in [2.05, 4.69) is 6.58 Å². The zero-order valence-electron chi connectivity index (χ0n) is 12.9. The Labute approximate surface area is 145 Å². The molecule has 23 heavy (non-hydrogen) atoms. The summed E-state index contributed by atoms with van der Waals surface area (Å²) in [6.07, 6.45) is 2.06. The van der Waals surface area contributed by atoms with Gasteiger partial charge in [-0.15, -0.1) is 0 Å². The number of carbonyl (C=O) groups is 2. The monoisotopic (exact) mass is 362 g/mol. The molecule has 3 heterocycles. The minimum atomic E-state index is -1.15. The number of alkyl halides is 2. The van der Waals surface area contributed by atoms with Crippen molar-refractivity contribution in [3.05, 3.63) is 12.2 Å². The quantitative estimate of drug-likeness (QED) is 0.487. The fraction of sp³-hybridized carbons (Fsp3) is 0.750. The maximum absolute atomic E-state index is 10.8. The molecule has 3 aliphatic heterocycles. The fourth-order valence-corrected chi connectivity index (χ4v) is 3.46. The molecule has 5 fully saturated rings. The van der Waals surface area contributed by atoms with Gasteiger partial charge in [-0.25, -0.2) is 0 Å². The van der Waals surface area contributed by atoms with E-state index in [1.54, 1.807) is 0 Å². The summed E-state index contributed by atoms with van der Waals surface area (Å²) in [5.41, 5.74) is 1.33. The first kappa shape index (κ1) is 17.4. The second kappa shape index (κ2) is 6.12. The van der Waals surface area contributed by atoms with Gasteiger partial charge in [-0.3, -0.25) is 9.59 Å². The average molecular weight is 363 g/mol. The first-order valence-corrected chi connectivity index (χ1v) is 8.37. The topological polar surface area (TPSA) is 61.8 Å². The molecule has 7 heteroatoms. The molecular weight excluding hydrogens is 343 g/mol. The Morgan fingerprint density at radius 2 is 1.39 bits per heavy atom. The van der Waals surface area contributed by atoms with Crippen LogP contribution in [0.4, 0.5) is 0 Å². The zero-order chi connectivity index (χ0) is 16.7. The van der Waals surface area contributed by atoms with Crippen molar-refractivity contribution >= 4 is 34.8 Å². The number of rotatable bonds is 0. The molecule has 2 aliphatic carbocycles. The molecule has 5 nitrogen and oxygen atoms in total. The van der Waals surface area contributed by atoms with Crippen LogP contribution in [0.25, 0.3) is 0 Å². The second-order valence-corrected chi connectivity index (χ2v) is 8.40. The highest BCUT2D eigenvalue weighted by Crippen LogP contribution is 2.58. The number of ether oxygens (including phenoxy) is 3. The van der Waals surface area contributed by atoms with E-state index in [0.717, 1.165) is 39.3 Å². The Morgan fingerprint density at radius 1 is 0.870 bits per heavy atom. The van der Waals surface area contributed by atoms with Crippen molar-refractivity contribution in [1.29, 1.82) is 0 Å². The van der Waals surface area contributed by atoms with Gasteiger partial charge in [-0.05, 0) is 5.57 Å². The minimum Gasteiger partial charge on any atom is -0.380 e. The summed E-state index contributed by atoms with van der Waals surface area (Å²) in [4.78, 5) is 21.3. The maximum Gasteiger partial charge on any atom is 0.186 e. The van der Waals surface area contributed by atoms with E-state index in [-0.39, 0.29) is 11.2 Å². The fourth-order valence-electron chi connectivity index (χ4n) is 2.98. The third kappa shape index (κ3) is 3.10. The summed E-state index contributed by atoms with van der Waals surface area (Å²) < 4.78 is 13.5. The Kier molecular flexibility index (Phi) is 4.62. The third-order valence-electron chi connectivity index (χ3n) is 4.85. The van der Waals surface area contributed by atoms with Gasteiger partial charge in [0.25, 0.3) is 0 Å². The Bertz CT molecular complexity index is 519. The highest BCUT2D eigenvalue weighted by Gasteiger charge is 2.68. The van der Waals surface area contributed by atoms with Crippen LogP contribution in [0.5, 0.6) is 0 Å². The van der Waals surface area contributed by atoms with E-state index in [0.29, 0.717) is 30.8 Å². The molecule has 0 aromatic carbocycles. The lowest BCUT2D eigenvalue weighted by atomic mass is 9.65. The van der Waals surface area contributed by atoms with Crippen molar-refractivity contribution in [3.63, 3.8) is 0 Å². The molecule has 5 rings (SSSR count). The third-order valence-corrected chi connectivity index (χ3v) is 6.07. The Balaban J connectivity index is 0.000000108. The van der Waals surface area contributed by atoms with E-state index in [9.17, 15) is 9.59 Å². The van der Waals surface area contributed by atoms with Crippen molar-refractivity contribution in [1.82, 2.24) is 0 Å². The van der Waals surface area contributed by atoms with Gasteiger partial charge in [0.2, 0.25) is 0 Å². The first-order valence-electron chi connectivity index (χ1n) is 7.61. The summed E-state index contributed by atoms with van der Waals surface area (Å²) >= 11 is 11.5.